The largest absolute Gasteiger partial charge is 1.00 e. The van der Waals surface area contributed by atoms with Crippen LogP contribution in [-0.2, 0) is 9.13 Å². The van der Waals surface area contributed by atoms with E-state index in [9.17, 15) is 28.7 Å². The van der Waals surface area contributed by atoms with E-state index in [2.05, 4.69) is 6.08 Å². The molecular formula is C13H22Na4O6P2. The molecule has 0 saturated heterocycles. The van der Waals surface area contributed by atoms with Crippen LogP contribution in [0.4, 0.5) is 0 Å². The first-order chi connectivity index (χ1) is 9.44. The fourth-order valence-corrected chi connectivity index (χ4v) is 4.21. The molecule has 6 nitrogen and oxygen atoms in total. The van der Waals surface area contributed by atoms with Gasteiger partial charge in [0.25, 0.3) is 0 Å². The third-order valence-electron chi connectivity index (χ3n) is 2.98. The Morgan fingerprint density at radius 2 is 1.28 bits per heavy atom. The van der Waals surface area contributed by atoms with Crippen molar-refractivity contribution >= 4 is 15.2 Å². The van der Waals surface area contributed by atoms with Crippen LogP contribution >= 0.6 is 15.2 Å². The van der Waals surface area contributed by atoms with Crippen molar-refractivity contribution in [2.24, 2.45) is 0 Å². The van der Waals surface area contributed by atoms with Crippen LogP contribution in [0.15, 0.2) is 23.3 Å². The van der Waals surface area contributed by atoms with Gasteiger partial charge in [-0.2, -0.15) is 0 Å². The van der Waals surface area contributed by atoms with Crippen molar-refractivity contribution in [1.82, 2.24) is 0 Å². The van der Waals surface area contributed by atoms with Gasteiger partial charge in [0.05, 0.1) is 0 Å². The molecule has 0 radical (unpaired) electrons. The molecule has 0 aliphatic carbocycles. The maximum atomic E-state index is 10.8. The van der Waals surface area contributed by atoms with Crippen LogP contribution in [0, 0.1) is 0 Å². The van der Waals surface area contributed by atoms with Gasteiger partial charge in [-0.1, -0.05) is 38.5 Å². The van der Waals surface area contributed by atoms with E-state index in [0.29, 0.717) is 6.42 Å². The molecule has 0 aromatic heterocycles. The molecule has 0 heterocycles. The second-order valence-corrected chi connectivity index (χ2v) is 9.18. The van der Waals surface area contributed by atoms with Crippen molar-refractivity contribution in [3.8, 4) is 0 Å². The molecule has 0 atom stereocenters. The van der Waals surface area contributed by atoms with Gasteiger partial charge in [-0.15, -0.1) is 0 Å². The summed E-state index contributed by atoms with van der Waals surface area (Å²) in [5, 5.41) is -2.33. The average molecular weight is 428 g/mol. The van der Waals surface area contributed by atoms with E-state index >= 15 is 0 Å². The Morgan fingerprint density at radius 3 is 1.64 bits per heavy atom. The fraction of sp³-hybridized carbons (Fsp3) is 0.692. The van der Waals surface area contributed by atoms with E-state index in [1.807, 2.05) is 26.8 Å². The minimum Gasteiger partial charge on any atom is -0.810 e. The average Bonchev–Trinajstić information content (AvgIpc) is 2.24. The van der Waals surface area contributed by atoms with E-state index < -0.39 is 27.0 Å². The molecule has 0 bridgehead atoms. The molecule has 0 aliphatic rings. The molecule has 0 fully saturated rings. The van der Waals surface area contributed by atoms with Crippen LogP contribution in [0.25, 0.3) is 0 Å². The summed E-state index contributed by atoms with van der Waals surface area (Å²) in [6.07, 6.45) is 5.91. The summed E-state index contributed by atoms with van der Waals surface area (Å²) in [6, 6.07) is 0. The van der Waals surface area contributed by atoms with Gasteiger partial charge in [-0.3, -0.25) is 0 Å². The zero-order chi connectivity index (χ0) is 16.7. The first-order valence-corrected chi connectivity index (χ1v) is 9.99. The smallest absolute Gasteiger partial charge is 0.810 e. The maximum Gasteiger partial charge on any atom is 1.00 e. The first kappa shape index (κ1) is 39.3. The van der Waals surface area contributed by atoms with Crippen molar-refractivity contribution in [3.05, 3.63) is 23.3 Å². The summed E-state index contributed by atoms with van der Waals surface area (Å²) in [7, 11) is -10.8. The molecule has 0 unspecified atom stereocenters. The Bertz CT molecular complexity index is 461. The molecule has 0 amide bonds. The summed E-state index contributed by atoms with van der Waals surface area (Å²) in [5.41, 5.74) is 2.33. The molecule has 124 valence electrons. The number of hydrogen-bond donors (Lipinski definition) is 0. The van der Waals surface area contributed by atoms with Crippen LogP contribution in [-0.4, -0.2) is 5.40 Å². The molecule has 0 N–H and O–H groups in total. The molecule has 0 saturated carbocycles. The van der Waals surface area contributed by atoms with Crippen LogP contribution < -0.4 is 138 Å². The minimum atomic E-state index is -5.41. The molecule has 0 aromatic rings. The molecule has 0 aromatic carbocycles. The van der Waals surface area contributed by atoms with E-state index in [-0.39, 0.29) is 125 Å². The van der Waals surface area contributed by atoms with Crippen molar-refractivity contribution in [2.45, 2.75) is 58.3 Å². The Balaban J connectivity index is -0.000000333. The van der Waals surface area contributed by atoms with Gasteiger partial charge in [0, 0.05) is 5.40 Å². The van der Waals surface area contributed by atoms with Gasteiger partial charge in [0.15, 0.2) is 0 Å². The number of rotatable bonds is 9. The molecule has 25 heavy (non-hydrogen) atoms. The normalized spacial score (nSPS) is 11.4. The molecule has 0 spiro atoms. The Morgan fingerprint density at radius 1 is 0.840 bits per heavy atom. The summed E-state index contributed by atoms with van der Waals surface area (Å²) >= 11 is 0. The van der Waals surface area contributed by atoms with Crippen molar-refractivity contribution in [1.29, 1.82) is 0 Å². The van der Waals surface area contributed by atoms with Gasteiger partial charge in [0.2, 0.25) is 0 Å². The maximum absolute atomic E-state index is 10.8. The van der Waals surface area contributed by atoms with Crippen molar-refractivity contribution in [2.75, 3.05) is 0 Å². The predicted molar refractivity (Wildman–Crippen MR) is 75.3 cm³/mol. The van der Waals surface area contributed by atoms with Gasteiger partial charge < -0.3 is 28.7 Å². The number of unbranched alkanes of at least 4 members (excludes halogenated alkanes) is 1. The minimum absolute atomic E-state index is 0. The van der Waals surface area contributed by atoms with E-state index in [0.717, 1.165) is 18.4 Å². The quantitative estimate of drug-likeness (QED) is 0.155. The van der Waals surface area contributed by atoms with Crippen LogP contribution in [0.3, 0.4) is 0 Å². The van der Waals surface area contributed by atoms with E-state index in [1.165, 1.54) is 5.57 Å². The molecular weight excluding hydrogens is 406 g/mol. The first-order valence-electron chi connectivity index (χ1n) is 6.77. The van der Waals surface area contributed by atoms with Crippen molar-refractivity contribution in [3.63, 3.8) is 0 Å². The van der Waals surface area contributed by atoms with Crippen LogP contribution in [0.1, 0.15) is 52.9 Å². The van der Waals surface area contributed by atoms with Gasteiger partial charge >= 0.3 is 118 Å². The third-order valence-corrected chi connectivity index (χ3v) is 6.65. The Kier molecular flexibility index (Phi) is 31.0. The zero-order valence-corrected chi connectivity index (χ0v) is 26.4. The molecule has 0 aliphatic heterocycles. The summed E-state index contributed by atoms with van der Waals surface area (Å²) in [6.45, 7) is 5.94. The van der Waals surface area contributed by atoms with E-state index in [4.69, 9.17) is 0 Å². The fourth-order valence-electron chi connectivity index (χ4n) is 1.83. The van der Waals surface area contributed by atoms with Gasteiger partial charge in [0.1, 0.15) is 0 Å². The Hall–Kier alpha value is 3.78. The van der Waals surface area contributed by atoms with Crippen LogP contribution in [0.5, 0.6) is 0 Å². The topological polar surface area (TPSA) is 126 Å². The third kappa shape index (κ3) is 22.3. The van der Waals surface area contributed by atoms with E-state index in [1.54, 1.807) is 0 Å². The molecule has 12 heteroatoms. The monoisotopic (exact) mass is 428 g/mol. The predicted octanol–water partition coefficient (Wildman–Crippen LogP) is -11.0. The van der Waals surface area contributed by atoms with Crippen molar-refractivity contribution < 1.29 is 147 Å². The summed E-state index contributed by atoms with van der Waals surface area (Å²) in [4.78, 5) is 43.2. The standard InChI is InChI=1S/C13H26O6P2.4Na/c1-11(2)7-6-9-12(3)8-4-5-10-13(20(14,15)16)21(17,18)19;;;;/h7-8,13H,4-6,9-10H2,1-3H3,(H2,14,15,16)(H2,17,18,19);;;;/q;4*+1/p-4/b12-8-;;;;. The summed E-state index contributed by atoms with van der Waals surface area (Å²) < 4.78 is 21.6. The summed E-state index contributed by atoms with van der Waals surface area (Å²) in [5.74, 6) is 0. The molecule has 0 rings (SSSR count). The Labute approximate surface area is 239 Å². The number of allylic oxidation sites excluding steroid dienone is 4. The zero-order valence-electron chi connectivity index (χ0n) is 16.6. The number of hydrogen-bond acceptors (Lipinski definition) is 6. The SMILES string of the molecule is CC(C)=CCC/C(C)=C\CCCC(P(=O)([O-])[O-])P(=O)([O-])[O-].[Na+].[Na+].[Na+].[Na+]. The van der Waals surface area contributed by atoms with Gasteiger partial charge in [-0.25, -0.2) is 0 Å². The van der Waals surface area contributed by atoms with Crippen LogP contribution in [0.2, 0.25) is 0 Å². The second kappa shape index (κ2) is 19.7. The van der Waals surface area contributed by atoms with Gasteiger partial charge in [-0.05, 0) is 52.9 Å². The second-order valence-electron chi connectivity index (χ2n) is 5.36.